The predicted molar refractivity (Wildman–Crippen MR) is 118 cm³/mol. The lowest BCUT2D eigenvalue weighted by Crippen LogP contribution is -2.29. The van der Waals surface area contributed by atoms with Gasteiger partial charge >= 0.3 is 6.16 Å². The lowest BCUT2D eigenvalue weighted by Gasteiger charge is -2.12. The van der Waals surface area contributed by atoms with Crippen LogP contribution in [0.25, 0.3) is 10.4 Å². The molecule has 3 N–H and O–H groups in total. The van der Waals surface area contributed by atoms with E-state index in [0.717, 1.165) is 23.3 Å². The molecule has 0 amide bonds. The predicted octanol–water partition coefficient (Wildman–Crippen LogP) is 4.66. The van der Waals surface area contributed by atoms with Gasteiger partial charge in [0.15, 0.2) is 0 Å². The molecule has 0 aliphatic heterocycles. The third-order valence-electron chi connectivity index (χ3n) is 5.19. The van der Waals surface area contributed by atoms with Crippen LogP contribution in [0.1, 0.15) is 24.5 Å². The summed E-state index contributed by atoms with van der Waals surface area (Å²) in [5.74, 6) is -0.591. The fourth-order valence-electron chi connectivity index (χ4n) is 3.30. The van der Waals surface area contributed by atoms with E-state index >= 15 is 0 Å². The Bertz CT molecular complexity index is 1280. The largest absolute Gasteiger partial charge is 0.503 e. The maximum Gasteiger partial charge on any atom is 0.503 e. The first-order chi connectivity index (χ1) is 15.1. The van der Waals surface area contributed by atoms with Gasteiger partial charge in [0, 0.05) is 16.3 Å². The summed E-state index contributed by atoms with van der Waals surface area (Å²) < 4.78 is 42.1. The van der Waals surface area contributed by atoms with E-state index in [-0.39, 0.29) is 21.2 Å². The number of benzene rings is 2. The van der Waals surface area contributed by atoms with E-state index in [1.807, 2.05) is 30.3 Å². The smallest absolute Gasteiger partial charge is 0.450 e. The molecular formula is C22H19FN2O5S2. The van der Waals surface area contributed by atoms with Gasteiger partial charge in [-0.2, -0.15) is 5.26 Å². The van der Waals surface area contributed by atoms with E-state index in [9.17, 15) is 12.8 Å². The Kier molecular flexibility index (Phi) is 6.64. The van der Waals surface area contributed by atoms with E-state index in [1.54, 1.807) is 24.3 Å². The second kappa shape index (κ2) is 9.08. The number of carbonyl (C=O) groups is 1. The van der Waals surface area contributed by atoms with Gasteiger partial charge in [-0.25, -0.2) is 22.3 Å². The molecule has 4 rings (SSSR count). The molecule has 0 saturated heterocycles. The first-order valence-corrected chi connectivity index (χ1v) is 11.7. The van der Waals surface area contributed by atoms with Crippen molar-refractivity contribution in [2.24, 2.45) is 0 Å². The monoisotopic (exact) mass is 474 g/mol. The topological polar surface area (TPSA) is 127 Å². The van der Waals surface area contributed by atoms with Crippen LogP contribution in [-0.4, -0.2) is 30.8 Å². The minimum absolute atomic E-state index is 0.0648. The van der Waals surface area contributed by atoms with Gasteiger partial charge in [-0.1, -0.05) is 43.3 Å². The summed E-state index contributed by atoms with van der Waals surface area (Å²) >= 11 is 1.10. The Morgan fingerprint density at radius 2 is 1.84 bits per heavy atom. The summed E-state index contributed by atoms with van der Waals surface area (Å²) in [6.45, 7) is 2.05. The van der Waals surface area contributed by atoms with E-state index in [4.69, 9.17) is 20.3 Å². The number of thiophene rings is 1. The molecular weight excluding hydrogens is 455 g/mol. The Hall–Kier alpha value is -3.26. The highest BCUT2D eigenvalue weighted by molar-refractivity contribution is 7.91. The molecule has 3 aromatic rings. The fraction of sp³-hybridized carbons (Fsp3) is 0.182. The molecule has 2 aromatic carbocycles. The van der Waals surface area contributed by atoms with Crippen LogP contribution in [0, 0.1) is 17.1 Å². The SMILES string of the molecule is C[C@]1(c2ccccc2)C[C@@H]1NS(=O)(=O)c1ccc(-c2ccc(F)c(C#N)c2)s1.O=C(O)O. The van der Waals surface area contributed by atoms with Crippen LogP contribution in [0.3, 0.4) is 0 Å². The maximum atomic E-state index is 13.5. The third-order valence-corrected chi connectivity index (χ3v) is 8.28. The van der Waals surface area contributed by atoms with Gasteiger partial charge < -0.3 is 10.2 Å². The van der Waals surface area contributed by atoms with Crippen molar-refractivity contribution < 1.29 is 27.8 Å². The van der Waals surface area contributed by atoms with Gasteiger partial charge in [-0.3, -0.25) is 0 Å². The lowest BCUT2D eigenvalue weighted by molar-refractivity contribution is 0.137. The number of hydrogen-bond donors (Lipinski definition) is 3. The third kappa shape index (κ3) is 5.13. The number of hydrogen-bond acceptors (Lipinski definition) is 5. The number of nitriles is 1. The Morgan fingerprint density at radius 3 is 2.47 bits per heavy atom. The fourth-order valence-corrected chi connectivity index (χ4v) is 5.97. The Morgan fingerprint density at radius 1 is 1.19 bits per heavy atom. The molecule has 32 heavy (non-hydrogen) atoms. The van der Waals surface area contributed by atoms with Crippen LogP contribution in [0.5, 0.6) is 0 Å². The standard InChI is InChI=1S/C21H17FN2O2S2.CH2O3/c1-21(16-5-3-2-4-6-16)12-19(21)24-28(25,26)20-10-9-18(27-20)14-7-8-17(22)15(11-14)13-23;2-1(3)4/h2-11,19,24H,12H2,1H3;(H2,2,3,4)/t19-,21+;/m0./s1. The summed E-state index contributed by atoms with van der Waals surface area (Å²) in [6, 6.07) is 18.9. The van der Waals surface area contributed by atoms with Crippen molar-refractivity contribution in [3.63, 3.8) is 0 Å². The molecule has 0 radical (unpaired) electrons. The van der Waals surface area contributed by atoms with Gasteiger partial charge in [-0.05, 0) is 41.8 Å². The van der Waals surface area contributed by atoms with Gasteiger partial charge in [0.2, 0.25) is 10.0 Å². The molecule has 7 nitrogen and oxygen atoms in total. The van der Waals surface area contributed by atoms with Crippen LogP contribution >= 0.6 is 11.3 Å². The average molecular weight is 475 g/mol. The van der Waals surface area contributed by atoms with Crippen LogP contribution in [0.15, 0.2) is 64.9 Å². The van der Waals surface area contributed by atoms with E-state index < -0.39 is 22.0 Å². The summed E-state index contributed by atoms with van der Waals surface area (Å²) in [5, 5.41) is 22.9. The van der Waals surface area contributed by atoms with Crippen molar-refractivity contribution in [3.05, 3.63) is 77.6 Å². The van der Waals surface area contributed by atoms with Crippen LogP contribution in [0.4, 0.5) is 9.18 Å². The van der Waals surface area contributed by atoms with E-state index in [1.165, 1.54) is 12.1 Å². The van der Waals surface area contributed by atoms with Crippen molar-refractivity contribution in [2.75, 3.05) is 0 Å². The zero-order valence-electron chi connectivity index (χ0n) is 16.8. The Balaban J connectivity index is 0.000000668. The zero-order valence-corrected chi connectivity index (χ0v) is 18.5. The molecule has 1 saturated carbocycles. The highest BCUT2D eigenvalue weighted by atomic mass is 32.2. The lowest BCUT2D eigenvalue weighted by atomic mass is 9.98. The molecule has 10 heteroatoms. The molecule has 2 atom stereocenters. The number of halogens is 1. The first-order valence-electron chi connectivity index (χ1n) is 9.36. The molecule has 1 heterocycles. The second-order valence-corrected chi connectivity index (χ2v) is 10.4. The highest BCUT2D eigenvalue weighted by Gasteiger charge is 2.53. The molecule has 1 aliphatic carbocycles. The van der Waals surface area contributed by atoms with Crippen molar-refractivity contribution in [1.82, 2.24) is 4.72 Å². The maximum absolute atomic E-state index is 13.5. The number of nitrogens with zero attached hydrogens (tertiary/aromatic N) is 1. The normalized spacial score (nSPS) is 19.3. The number of sulfonamides is 1. The second-order valence-electron chi connectivity index (χ2n) is 7.37. The minimum Gasteiger partial charge on any atom is -0.450 e. The molecule has 1 aromatic heterocycles. The number of rotatable bonds is 5. The first kappa shape index (κ1) is 23.4. The van der Waals surface area contributed by atoms with Crippen molar-refractivity contribution in [2.45, 2.75) is 29.0 Å². The molecule has 166 valence electrons. The summed E-state index contributed by atoms with van der Waals surface area (Å²) in [4.78, 5) is 9.22. The average Bonchev–Trinajstić information content (AvgIpc) is 3.15. The minimum atomic E-state index is -3.66. The van der Waals surface area contributed by atoms with E-state index in [0.29, 0.717) is 10.4 Å². The number of nitrogens with one attached hydrogen (secondary N) is 1. The van der Waals surface area contributed by atoms with E-state index in [2.05, 4.69) is 11.6 Å². The highest BCUT2D eigenvalue weighted by Crippen LogP contribution is 2.48. The van der Waals surface area contributed by atoms with Crippen LogP contribution in [0.2, 0.25) is 0 Å². The van der Waals surface area contributed by atoms with Crippen molar-refractivity contribution in [3.8, 4) is 16.5 Å². The van der Waals surface area contributed by atoms with Crippen LogP contribution < -0.4 is 4.72 Å². The summed E-state index contributed by atoms with van der Waals surface area (Å²) in [6.07, 6.45) is -1.09. The summed E-state index contributed by atoms with van der Waals surface area (Å²) in [5.41, 5.74) is 1.47. The van der Waals surface area contributed by atoms with Crippen molar-refractivity contribution in [1.29, 1.82) is 5.26 Å². The quantitative estimate of drug-likeness (QED) is 0.494. The molecule has 0 bridgehead atoms. The molecule has 0 unspecified atom stereocenters. The Labute approximate surface area is 188 Å². The number of carboxylic acid groups (broad SMARTS) is 2. The van der Waals surface area contributed by atoms with Crippen molar-refractivity contribution >= 4 is 27.5 Å². The van der Waals surface area contributed by atoms with Crippen LogP contribution in [-0.2, 0) is 15.4 Å². The summed E-state index contributed by atoms with van der Waals surface area (Å²) in [7, 11) is -3.66. The molecule has 1 fully saturated rings. The molecule has 0 spiro atoms. The van der Waals surface area contributed by atoms with Gasteiger partial charge in [0.05, 0.1) is 5.56 Å². The molecule has 1 aliphatic rings. The zero-order chi connectivity index (χ0) is 23.5. The van der Waals surface area contributed by atoms with Gasteiger partial charge in [0.1, 0.15) is 16.1 Å². The van der Waals surface area contributed by atoms with Gasteiger partial charge in [0.25, 0.3) is 0 Å². The van der Waals surface area contributed by atoms with Gasteiger partial charge in [-0.15, -0.1) is 11.3 Å².